The summed E-state index contributed by atoms with van der Waals surface area (Å²) < 4.78 is 0. The lowest BCUT2D eigenvalue weighted by molar-refractivity contribution is 0.235. The van der Waals surface area contributed by atoms with Gasteiger partial charge in [0.25, 0.3) is 0 Å². The highest BCUT2D eigenvalue weighted by atomic mass is 15.2. The number of nitrogens with one attached hydrogen (secondary N) is 1. The van der Waals surface area contributed by atoms with E-state index in [-0.39, 0.29) is 5.92 Å². The van der Waals surface area contributed by atoms with E-state index < -0.39 is 0 Å². The van der Waals surface area contributed by atoms with Crippen LogP contribution < -0.4 is 5.32 Å². The van der Waals surface area contributed by atoms with E-state index in [1.165, 1.54) is 25.7 Å². The zero-order valence-electron chi connectivity index (χ0n) is 12.0. The number of nitrogens with zero attached hydrogens (tertiary/aromatic N) is 2. The SMILES string of the molecule is N#CC(CN(CC1CCCN1)C1CC1)c1ccccc1. The van der Waals surface area contributed by atoms with Crippen LogP contribution in [0.1, 0.15) is 37.2 Å². The molecule has 1 saturated heterocycles. The molecule has 2 fully saturated rings. The third-order valence-corrected chi connectivity index (χ3v) is 4.46. The zero-order valence-corrected chi connectivity index (χ0v) is 12.0. The van der Waals surface area contributed by atoms with Crippen molar-refractivity contribution in [2.75, 3.05) is 19.6 Å². The Morgan fingerprint density at radius 2 is 2.05 bits per heavy atom. The second-order valence-corrected chi connectivity index (χ2v) is 6.07. The smallest absolute Gasteiger partial charge is 0.0839 e. The Labute approximate surface area is 121 Å². The molecule has 1 heterocycles. The van der Waals surface area contributed by atoms with E-state index in [4.69, 9.17) is 0 Å². The normalized spacial score (nSPS) is 23.7. The maximum atomic E-state index is 9.50. The van der Waals surface area contributed by atoms with E-state index in [0.717, 1.165) is 31.2 Å². The third-order valence-electron chi connectivity index (χ3n) is 4.46. The Kier molecular flexibility index (Phi) is 4.34. The predicted molar refractivity (Wildman–Crippen MR) is 80.4 cm³/mol. The van der Waals surface area contributed by atoms with Crippen molar-refractivity contribution in [2.24, 2.45) is 0 Å². The van der Waals surface area contributed by atoms with E-state index in [0.29, 0.717) is 6.04 Å². The van der Waals surface area contributed by atoms with Crippen LogP contribution in [0.3, 0.4) is 0 Å². The first-order valence-electron chi connectivity index (χ1n) is 7.79. The highest BCUT2D eigenvalue weighted by Crippen LogP contribution is 2.30. The van der Waals surface area contributed by atoms with Gasteiger partial charge in [-0.15, -0.1) is 0 Å². The maximum Gasteiger partial charge on any atom is 0.0839 e. The second kappa shape index (κ2) is 6.39. The maximum absolute atomic E-state index is 9.50. The average Bonchev–Trinajstić information content (AvgIpc) is 3.22. The van der Waals surface area contributed by atoms with Crippen molar-refractivity contribution in [3.63, 3.8) is 0 Å². The van der Waals surface area contributed by atoms with E-state index in [1.54, 1.807) is 0 Å². The molecule has 1 aromatic rings. The molecule has 2 atom stereocenters. The van der Waals surface area contributed by atoms with Gasteiger partial charge in [-0.25, -0.2) is 0 Å². The fraction of sp³-hybridized carbons (Fsp3) is 0.588. The zero-order chi connectivity index (χ0) is 13.8. The summed E-state index contributed by atoms with van der Waals surface area (Å²) in [6.45, 7) is 3.14. The van der Waals surface area contributed by atoms with E-state index in [9.17, 15) is 5.26 Å². The van der Waals surface area contributed by atoms with Crippen LogP contribution in [-0.2, 0) is 0 Å². The molecule has 3 rings (SSSR count). The summed E-state index contributed by atoms with van der Waals surface area (Å²) in [5.41, 5.74) is 1.15. The first-order chi connectivity index (χ1) is 9.86. The van der Waals surface area contributed by atoms with E-state index in [1.807, 2.05) is 18.2 Å². The lowest BCUT2D eigenvalue weighted by Gasteiger charge is -2.27. The Bertz CT molecular complexity index is 455. The third kappa shape index (κ3) is 3.39. The van der Waals surface area contributed by atoms with Gasteiger partial charge in [-0.05, 0) is 37.8 Å². The van der Waals surface area contributed by atoms with Crippen molar-refractivity contribution in [2.45, 2.75) is 43.7 Å². The summed E-state index contributed by atoms with van der Waals surface area (Å²) in [5.74, 6) is -0.00166. The van der Waals surface area contributed by atoms with Crippen LogP contribution in [0.2, 0.25) is 0 Å². The van der Waals surface area contributed by atoms with Gasteiger partial charge >= 0.3 is 0 Å². The van der Waals surface area contributed by atoms with Gasteiger partial charge in [-0.3, -0.25) is 4.90 Å². The molecule has 0 bridgehead atoms. The summed E-state index contributed by atoms with van der Waals surface area (Å²) >= 11 is 0. The van der Waals surface area contributed by atoms with Gasteiger partial charge in [-0.1, -0.05) is 30.3 Å². The molecular weight excluding hydrogens is 246 g/mol. The van der Waals surface area contributed by atoms with Crippen LogP contribution in [0, 0.1) is 11.3 Å². The number of benzene rings is 1. The number of nitriles is 1. The highest BCUT2D eigenvalue weighted by Gasteiger charge is 2.32. The molecule has 0 spiro atoms. The minimum Gasteiger partial charge on any atom is -0.313 e. The van der Waals surface area contributed by atoms with Crippen LogP contribution in [0.25, 0.3) is 0 Å². The summed E-state index contributed by atoms with van der Waals surface area (Å²) in [6, 6.07) is 14.1. The van der Waals surface area contributed by atoms with Gasteiger partial charge in [0, 0.05) is 25.2 Å². The van der Waals surface area contributed by atoms with Gasteiger partial charge in [0.15, 0.2) is 0 Å². The van der Waals surface area contributed by atoms with Crippen LogP contribution in [0.5, 0.6) is 0 Å². The largest absolute Gasteiger partial charge is 0.313 e. The molecule has 1 N–H and O–H groups in total. The Balaban J connectivity index is 1.64. The van der Waals surface area contributed by atoms with Crippen molar-refractivity contribution in [1.82, 2.24) is 10.2 Å². The van der Waals surface area contributed by atoms with Gasteiger partial charge in [0.05, 0.1) is 12.0 Å². The molecule has 3 heteroatoms. The monoisotopic (exact) mass is 269 g/mol. The molecular formula is C17H23N3. The van der Waals surface area contributed by atoms with Crippen molar-refractivity contribution in [3.8, 4) is 6.07 Å². The second-order valence-electron chi connectivity index (χ2n) is 6.07. The lowest BCUT2D eigenvalue weighted by Crippen LogP contribution is -2.40. The Hall–Kier alpha value is -1.37. The first kappa shape index (κ1) is 13.6. The van der Waals surface area contributed by atoms with Gasteiger partial charge in [-0.2, -0.15) is 5.26 Å². The standard InChI is InChI=1S/C17H23N3/c18-11-15(14-5-2-1-3-6-14)12-20(17-8-9-17)13-16-7-4-10-19-16/h1-3,5-6,15-17,19H,4,7-10,12-13H2. The molecule has 106 valence electrons. The van der Waals surface area contributed by atoms with E-state index in [2.05, 4.69) is 28.4 Å². The number of rotatable bonds is 6. The molecule has 0 aromatic heterocycles. The molecule has 1 aliphatic heterocycles. The quantitative estimate of drug-likeness (QED) is 0.862. The minimum atomic E-state index is -0.00166. The molecule has 1 aliphatic carbocycles. The topological polar surface area (TPSA) is 39.1 Å². The van der Waals surface area contributed by atoms with Crippen LogP contribution >= 0.6 is 0 Å². The molecule has 1 saturated carbocycles. The summed E-state index contributed by atoms with van der Waals surface area (Å²) in [6.07, 6.45) is 5.19. The highest BCUT2D eigenvalue weighted by molar-refractivity contribution is 5.25. The molecule has 2 unspecified atom stereocenters. The van der Waals surface area contributed by atoms with Gasteiger partial charge in [0.1, 0.15) is 0 Å². The molecule has 0 amide bonds. The van der Waals surface area contributed by atoms with Crippen molar-refractivity contribution < 1.29 is 0 Å². The van der Waals surface area contributed by atoms with Gasteiger partial charge in [0.2, 0.25) is 0 Å². The van der Waals surface area contributed by atoms with Crippen LogP contribution in [-0.4, -0.2) is 36.6 Å². The summed E-state index contributed by atoms with van der Waals surface area (Å²) in [5, 5.41) is 13.1. The minimum absolute atomic E-state index is 0.00166. The number of hydrogen-bond acceptors (Lipinski definition) is 3. The lowest BCUT2D eigenvalue weighted by atomic mass is 9.99. The predicted octanol–water partition coefficient (Wildman–Crippen LogP) is 2.51. The summed E-state index contributed by atoms with van der Waals surface area (Å²) in [4.78, 5) is 2.55. The van der Waals surface area contributed by atoms with E-state index >= 15 is 0 Å². The van der Waals surface area contributed by atoms with Crippen LogP contribution in [0.4, 0.5) is 0 Å². The molecule has 2 aliphatic rings. The number of hydrogen-bond donors (Lipinski definition) is 1. The van der Waals surface area contributed by atoms with Crippen LogP contribution in [0.15, 0.2) is 30.3 Å². The van der Waals surface area contributed by atoms with Gasteiger partial charge < -0.3 is 5.32 Å². The molecule has 3 nitrogen and oxygen atoms in total. The Morgan fingerprint density at radius 3 is 2.65 bits per heavy atom. The fourth-order valence-electron chi connectivity index (χ4n) is 3.15. The van der Waals surface area contributed by atoms with Crippen molar-refractivity contribution >= 4 is 0 Å². The van der Waals surface area contributed by atoms with Crippen molar-refractivity contribution in [3.05, 3.63) is 35.9 Å². The van der Waals surface area contributed by atoms with Crippen molar-refractivity contribution in [1.29, 1.82) is 5.26 Å². The fourth-order valence-corrected chi connectivity index (χ4v) is 3.15. The Morgan fingerprint density at radius 1 is 1.25 bits per heavy atom. The first-order valence-corrected chi connectivity index (χ1v) is 7.79. The average molecular weight is 269 g/mol. The molecule has 20 heavy (non-hydrogen) atoms. The summed E-state index contributed by atoms with van der Waals surface area (Å²) in [7, 11) is 0. The molecule has 1 aromatic carbocycles. The molecule has 0 radical (unpaired) electrons.